The fourth-order valence-corrected chi connectivity index (χ4v) is 5.24. The SMILES string of the molecule is Cc1ccccc1/C1=C/C(N2CCOCC2)OC2=C(CNCN2)C(Cc2cc(C(F)(F)F)cc(C(F)(F)F)c2)N1[O-]. The number of hydrogen-bond acceptors (Lipinski definition) is 7. The number of nitrogens with one attached hydrogen (secondary N) is 2. The normalized spacial score (nSPS) is 24.0. The van der Waals surface area contributed by atoms with Crippen molar-refractivity contribution < 1.29 is 35.8 Å². The van der Waals surface area contributed by atoms with Gasteiger partial charge in [0.05, 0.1) is 31.0 Å². The van der Waals surface area contributed by atoms with Gasteiger partial charge in [0.1, 0.15) is 0 Å². The van der Waals surface area contributed by atoms with Gasteiger partial charge in [0, 0.05) is 36.9 Å². The second-order valence-electron chi connectivity index (χ2n) is 10.1. The topological polar surface area (TPSA) is 72.1 Å². The van der Waals surface area contributed by atoms with E-state index in [4.69, 9.17) is 9.47 Å². The van der Waals surface area contributed by atoms with E-state index in [0.29, 0.717) is 61.3 Å². The summed E-state index contributed by atoms with van der Waals surface area (Å²) in [7, 11) is 0. The zero-order valence-electron chi connectivity index (χ0n) is 22.1. The van der Waals surface area contributed by atoms with Crippen molar-refractivity contribution >= 4 is 5.70 Å². The summed E-state index contributed by atoms with van der Waals surface area (Å²) in [5.74, 6) is 0.272. The van der Waals surface area contributed by atoms with Crippen LogP contribution in [0.2, 0.25) is 0 Å². The lowest BCUT2D eigenvalue weighted by molar-refractivity contribution is -0.143. The molecule has 13 heteroatoms. The highest BCUT2D eigenvalue weighted by Gasteiger charge is 2.38. The van der Waals surface area contributed by atoms with Crippen LogP contribution < -0.4 is 10.6 Å². The Hall–Kier alpha value is -3.26. The fourth-order valence-electron chi connectivity index (χ4n) is 5.24. The van der Waals surface area contributed by atoms with Gasteiger partial charge in [0.25, 0.3) is 0 Å². The van der Waals surface area contributed by atoms with E-state index in [1.165, 1.54) is 0 Å². The summed E-state index contributed by atoms with van der Waals surface area (Å²) < 4.78 is 93.6. The van der Waals surface area contributed by atoms with Gasteiger partial charge < -0.3 is 25.1 Å². The van der Waals surface area contributed by atoms with Gasteiger partial charge in [-0.25, -0.2) is 0 Å². The zero-order valence-corrected chi connectivity index (χ0v) is 22.1. The molecule has 2 N–H and O–H groups in total. The van der Waals surface area contributed by atoms with Crippen LogP contribution >= 0.6 is 0 Å². The number of nitrogens with zero attached hydrogens (tertiary/aromatic N) is 2. The summed E-state index contributed by atoms with van der Waals surface area (Å²) in [6.07, 6.45) is -9.45. The lowest BCUT2D eigenvalue weighted by Gasteiger charge is -2.47. The molecule has 3 heterocycles. The van der Waals surface area contributed by atoms with E-state index in [9.17, 15) is 31.5 Å². The van der Waals surface area contributed by atoms with Gasteiger partial charge in [0.2, 0.25) is 0 Å². The molecule has 0 spiro atoms. The van der Waals surface area contributed by atoms with Gasteiger partial charge in [0.15, 0.2) is 12.1 Å². The Morgan fingerprint density at radius 1 is 0.976 bits per heavy atom. The third kappa shape index (κ3) is 6.48. The van der Waals surface area contributed by atoms with Crippen LogP contribution in [0.15, 0.2) is 60.0 Å². The van der Waals surface area contributed by atoms with Gasteiger partial charge in [-0.2, -0.15) is 26.3 Å². The predicted molar refractivity (Wildman–Crippen MR) is 139 cm³/mol. The molecule has 0 amide bonds. The van der Waals surface area contributed by atoms with Crippen LogP contribution in [0.5, 0.6) is 0 Å². The van der Waals surface area contributed by atoms with Crippen LogP contribution in [0.4, 0.5) is 26.3 Å². The predicted octanol–water partition coefficient (Wildman–Crippen LogP) is 4.84. The van der Waals surface area contributed by atoms with Crippen molar-refractivity contribution in [2.45, 2.75) is 38.0 Å². The van der Waals surface area contributed by atoms with Crippen molar-refractivity contribution in [2.75, 3.05) is 39.5 Å². The van der Waals surface area contributed by atoms with Crippen molar-refractivity contribution in [3.63, 3.8) is 0 Å². The number of morpholine rings is 1. The van der Waals surface area contributed by atoms with Crippen LogP contribution in [0.3, 0.4) is 0 Å². The molecule has 2 unspecified atom stereocenters. The monoisotopic (exact) mass is 583 g/mol. The number of hydrogen-bond donors (Lipinski definition) is 2. The highest BCUT2D eigenvalue weighted by Crippen LogP contribution is 2.38. The molecular weight excluding hydrogens is 554 g/mol. The van der Waals surface area contributed by atoms with Crippen molar-refractivity contribution in [3.05, 3.63) is 93.0 Å². The van der Waals surface area contributed by atoms with E-state index in [1.54, 1.807) is 18.2 Å². The van der Waals surface area contributed by atoms with E-state index in [2.05, 4.69) is 10.6 Å². The van der Waals surface area contributed by atoms with Gasteiger partial charge in [-0.05, 0) is 54.3 Å². The maximum Gasteiger partial charge on any atom is 0.416 e. The Morgan fingerprint density at radius 2 is 1.63 bits per heavy atom. The molecule has 5 rings (SSSR count). The standard InChI is InChI=1S/C28H29F6N4O3/c1-17-4-2-3-5-21(17)24-14-25(37-6-8-40-9-7-37)41-26-22(15-35-16-36-26)23(38(24)39)12-18-10-19(27(29,30)31)13-20(11-18)28(32,33)34/h2-5,10-11,13-14,23,25,35-36H,6-9,12,15-16H2,1H3/q-1/b24-14-. The fraction of sp³-hybridized carbons (Fsp3) is 0.429. The third-order valence-corrected chi connectivity index (χ3v) is 7.35. The quantitative estimate of drug-likeness (QED) is 0.500. The maximum atomic E-state index is 14.3. The lowest BCUT2D eigenvalue weighted by Crippen LogP contribution is -2.50. The summed E-state index contributed by atoms with van der Waals surface area (Å²) in [4.78, 5) is 2.01. The van der Waals surface area contributed by atoms with Crippen LogP contribution in [-0.2, 0) is 28.2 Å². The number of rotatable bonds is 4. The van der Waals surface area contributed by atoms with E-state index >= 15 is 0 Å². The number of alkyl halides is 6. The smallest absolute Gasteiger partial charge is 0.416 e. The molecule has 2 aromatic carbocycles. The average molecular weight is 584 g/mol. The first kappa shape index (κ1) is 29.2. The number of aryl methyl sites for hydroxylation is 1. The summed E-state index contributed by atoms with van der Waals surface area (Å²) in [6, 6.07) is 7.37. The Morgan fingerprint density at radius 3 is 2.27 bits per heavy atom. The molecule has 222 valence electrons. The molecule has 3 aliphatic rings. The van der Waals surface area contributed by atoms with E-state index in [1.807, 2.05) is 24.0 Å². The minimum absolute atomic E-state index is 0.0831. The molecule has 0 radical (unpaired) electrons. The summed E-state index contributed by atoms with van der Waals surface area (Å²) in [6.45, 7) is 4.28. The molecule has 3 aliphatic heterocycles. The van der Waals surface area contributed by atoms with Gasteiger partial charge >= 0.3 is 12.4 Å². The second-order valence-corrected chi connectivity index (χ2v) is 10.1. The van der Waals surface area contributed by atoms with Crippen molar-refractivity contribution in [1.29, 1.82) is 0 Å². The number of hydroxylamine groups is 2. The molecule has 41 heavy (non-hydrogen) atoms. The molecule has 1 fully saturated rings. The van der Waals surface area contributed by atoms with Crippen molar-refractivity contribution in [1.82, 2.24) is 20.6 Å². The lowest BCUT2D eigenvalue weighted by atomic mass is 9.93. The second kappa shape index (κ2) is 11.6. The number of benzene rings is 2. The molecule has 7 nitrogen and oxygen atoms in total. The molecular formula is C28H29F6N4O3-. The first-order valence-corrected chi connectivity index (χ1v) is 13.1. The Labute approximate surface area is 233 Å². The van der Waals surface area contributed by atoms with Gasteiger partial charge in [-0.1, -0.05) is 24.3 Å². The summed E-state index contributed by atoms with van der Waals surface area (Å²) >= 11 is 0. The molecule has 0 saturated carbocycles. The molecule has 2 atom stereocenters. The average Bonchev–Trinajstić information content (AvgIpc) is 2.93. The first-order chi connectivity index (χ1) is 19.4. The zero-order chi connectivity index (χ0) is 29.4. The summed E-state index contributed by atoms with van der Waals surface area (Å²) in [5, 5.41) is 21.1. The summed E-state index contributed by atoms with van der Waals surface area (Å²) in [5.41, 5.74) is -1.18. The minimum Gasteiger partial charge on any atom is -0.758 e. The van der Waals surface area contributed by atoms with Crippen LogP contribution in [0.1, 0.15) is 27.8 Å². The Kier molecular flexibility index (Phi) is 8.24. The van der Waals surface area contributed by atoms with Gasteiger partial charge in [-0.3, -0.25) is 10.2 Å². The third-order valence-electron chi connectivity index (χ3n) is 7.35. The van der Waals surface area contributed by atoms with Gasteiger partial charge in [-0.15, -0.1) is 0 Å². The van der Waals surface area contributed by atoms with E-state index < -0.39 is 42.2 Å². The highest BCUT2D eigenvalue weighted by atomic mass is 19.4. The highest BCUT2D eigenvalue weighted by molar-refractivity contribution is 5.68. The Balaban J connectivity index is 1.63. The van der Waals surface area contributed by atoms with Crippen LogP contribution in [-0.4, -0.2) is 61.7 Å². The van der Waals surface area contributed by atoms with Crippen LogP contribution in [0, 0.1) is 12.1 Å². The van der Waals surface area contributed by atoms with Crippen molar-refractivity contribution in [2.24, 2.45) is 0 Å². The largest absolute Gasteiger partial charge is 0.758 e. The number of halogens is 6. The van der Waals surface area contributed by atoms with E-state index in [-0.39, 0.29) is 29.8 Å². The number of ether oxygens (including phenoxy) is 2. The van der Waals surface area contributed by atoms with Crippen LogP contribution in [0.25, 0.3) is 5.70 Å². The maximum absolute atomic E-state index is 14.3. The Bertz CT molecular complexity index is 1290. The van der Waals surface area contributed by atoms with E-state index in [0.717, 1.165) is 5.56 Å². The molecule has 0 bridgehead atoms. The van der Waals surface area contributed by atoms with Crippen molar-refractivity contribution in [3.8, 4) is 0 Å². The molecule has 0 aliphatic carbocycles. The molecule has 2 aromatic rings. The first-order valence-electron chi connectivity index (χ1n) is 13.1. The molecule has 0 aromatic heterocycles. The minimum atomic E-state index is -5.01. The molecule has 1 saturated heterocycles.